The summed E-state index contributed by atoms with van der Waals surface area (Å²) in [4.78, 5) is 11.5. The van der Waals surface area contributed by atoms with E-state index in [1.807, 2.05) is 0 Å². The fourth-order valence-corrected chi connectivity index (χ4v) is 1.85. The molecule has 1 aliphatic rings. The van der Waals surface area contributed by atoms with Crippen LogP contribution in [-0.2, 0) is 16.0 Å². The van der Waals surface area contributed by atoms with Crippen LogP contribution in [0.4, 0.5) is 8.78 Å². The van der Waals surface area contributed by atoms with Crippen LogP contribution in [0.5, 0.6) is 5.75 Å². The molecule has 0 spiro atoms. The fraction of sp³-hybridized carbons (Fsp3) is 0.417. The highest BCUT2D eigenvalue weighted by Gasteiger charge is 2.29. The second-order valence-corrected chi connectivity index (χ2v) is 3.84. The lowest BCUT2D eigenvalue weighted by atomic mass is 9.96. The van der Waals surface area contributed by atoms with E-state index in [0.717, 1.165) is 6.07 Å². The van der Waals surface area contributed by atoms with Crippen LogP contribution in [0, 0.1) is 17.6 Å². The average Bonchev–Trinajstić information content (AvgIpc) is 2.28. The van der Waals surface area contributed by atoms with Crippen molar-refractivity contribution in [2.45, 2.75) is 13.3 Å². The number of hydrogen-bond acceptors (Lipinski definition) is 3. The van der Waals surface area contributed by atoms with Gasteiger partial charge in [0, 0.05) is 11.6 Å². The molecule has 1 aliphatic heterocycles. The molecule has 0 fully saturated rings. The van der Waals surface area contributed by atoms with Crippen LogP contribution in [0.15, 0.2) is 12.1 Å². The van der Waals surface area contributed by atoms with E-state index in [1.165, 1.54) is 6.07 Å². The number of carbonyl (C=O) groups excluding carboxylic acids is 1. The van der Waals surface area contributed by atoms with E-state index >= 15 is 0 Å². The monoisotopic (exact) mass is 242 g/mol. The maximum atomic E-state index is 13.3. The van der Waals surface area contributed by atoms with Crippen LogP contribution >= 0.6 is 0 Å². The van der Waals surface area contributed by atoms with E-state index in [1.54, 1.807) is 6.92 Å². The van der Waals surface area contributed by atoms with Crippen LogP contribution in [0.25, 0.3) is 0 Å². The Hall–Kier alpha value is -1.65. The summed E-state index contributed by atoms with van der Waals surface area (Å²) >= 11 is 0. The molecule has 17 heavy (non-hydrogen) atoms. The molecular weight excluding hydrogens is 230 g/mol. The van der Waals surface area contributed by atoms with Crippen molar-refractivity contribution in [3.8, 4) is 5.75 Å². The van der Waals surface area contributed by atoms with Crippen LogP contribution in [0.2, 0.25) is 0 Å². The summed E-state index contributed by atoms with van der Waals surface area (Å²) in [6.07, 6.45) is 0.239. The predicted octanol–water partition coefficient (Wildman–Crippen LogP) is 2.08. The third-order valence-corrected chi connectivity index (χ3v) is 2.60. The highest BCUT2D eigenvalue weighted by atomic mass is 19.1. The van der Waals surface area contributed by atoms with Crippen molar-refractivity contribution in [1.29, 1.82) is 0 Å². The zero-order chi connectivity index (χ0) is 12.4. The number of benzene rings is 1. The highest BCUT2D eigenvalue weighted by Crippen LogP contribution is 2.31. The summed E-state index contributed by atoms with van der Waals surface area (Å²) in [6.45, 7) is 2.04. The summed E-state index contributed by atoms with van der Waals surface area (Å²) < 4.78 is 36.3. The van der Waals surface area contributed by atoms with Gasteiger partial charge in [-0.05, 0) is 19.4 Å². The van der Waals surface area contributed by atoms with Crippen molar-refractivity contribution in [1.82, 2.24) is 0 Å². The van der Waals surface area contributed by atoms with Gasteiger partial charge in [-0.15, -0.1) is 0 Å². The molecule has 0 radical (unpaired) electrons. The van der Waals surface area contributed by atoms with Gasteiger partial charge in [-0.1, -0.05) is 0 Å². The Bertz CT molecular complexity index is 446. The van der Waals surface area contributed by atoms with Crippen molar-refractivity contribution in [3.05, 3.63) is 29.3 Å². The molecule has 1 unspecified atom stereocenters. The first-order chi connectivity index (χ1) is 8.11. The summed E-state index contributed by atoms with van der Waals surface area (Å²) in [5.41, 5.74) is 0.367. The van der Waals surface area contributed by atoms with E-state index in [2.05, 4.69) is 0 Å². The largest absolute Gasteiger partial charge is 0.489 e. The number of halogens is 2. The molecule has 0 aromatic heterocycles. The Morgan fingerprint density at radius 1 is 1.53 bits per heavy atom. The minimum atomic E-state index is -0.734. The molecule has 0 amide bonds. The lowest BCUT2D eigenvalue weighted by Crippen LogP contribution is -2.30. The smallest absolute Gasteiger partial charge is 0.312 e. The summed E-state index contributed by atoms with van der Waals surface area (Å²) in [6, 6.07) is 1.95. The van der Waals surface area contributed by atoms with Crippen molar-refractivity contribution in [2.75, 3.05) is 13.2 Å². The fourth-order valence-electron chi connectivity index (χ4n) is 1.85. The van der Waals surface area contributed by atoms with Gasteiger partial charge in [-0.2, -0.15) is 0 Å². The SMILES string of the molecule is CCOC(=O)C1COc2c(F)cc(F)cc2C1. The molecular formula is C12H12F2O3. The van der Waals surface area contributed by atoms with E-state index in [0.29, 0.717) is 5.56 Å². The molecule has 1 aromatic rings. The predicted molar refractivity (Wildman–Crippen MR) is 55.7 cm³/mol. The Morgan fingerprint density at radius 2 is 2.29 bits per heavy atom. The lowest BCUT2D eigenvalue weighted by molar-refractivity contribution is -0.149. The van der Waals surface area contributed by atoms with Gasteiger partial charge in [-0.3, -0.25) is 4.79 Å². The quantitative estimate of drug-likeness (QED) is 0.745. The van der Waals surface area contributed by atoms with Gasteiger partial charge >= 0.3 is 5.97 Å². The molecule has 0 bridgehead atoms. The van der Waals surface area contributed by atoms with Crippen LogP contribution in [-0.4, -0.2) is 19.2 Å². The Morgan fingerprint density at radius 3 is 3.00 bits per heavy atom. The summed E-state index contributed by atoms with van der Waals surface area (Å²) in [7, 11) is 0. The number of rotatable bonds is 2. The summed E-state index contributed by atoms with van der Waals surface area (Å²) in [5, 5.41) is 0. The second kappa shape index (κ2) is 4.69. The second-order valence-electron chi connectivity index (χ2n) is 3.84. The topological polar surface area (TPSA) is 35.5 Å². The van der Waals surface area contributed by atoms with E-state index < -0.39 is 23.5 Å². The van der Waals surface area contributed by atoms with Gasteiger partial charge < -0.3 is 9.47 Å². The standard InChI is InChI=1S/C12H12F2O3/c1-2-16-12(15)8-3-7-4-9(13)5-10(14)11(7)17-6-8/h4-5,8H,2-3,6H2,1H3. The number of ether oxygens (including phenoxy) is 2. The van der Waals surface area contributed by atoms with Crippen molar-refractivity contribution in [3.63, 3.8) is 0 Å². The van der Waals surface area contributed by atoms with Crippen molar-refractivity contribution in [2.24, 2.45) is 5.92 Å². The molecule has 0 N–H and O–H groups in total. The van der Waals surface area contributed by atoms with Crippen molar-refractivity contribution < 1.29 is 23.0 Å². The Balaban J connectivity index is 2.21. The number of hydrogen-bond donors (Lipinski definition) is 0. The first kappa shape index (κ1) is 11.8. The van der Waals surface area contributed by atoms with Crippen LogP contribution in [0.3, 0.4) is 0 Å². The van der Waals surface area contributed by atoms with Crippen LogP contribution in [0.1, 0.15) is 12.5 Å². The normalized spacial score (nSPS) is 18.2. The minimum absolute atomic E-state index is 0.0342. The molecule has 1 heterocycles. The molecule has 92 valence electrons. The molecule has 5 heteroatoms. The molecule has 0 saturated carbocycles. The number of esters is 1. The van der Waals surface area contributed by atoms with Gasteiger partial charge in [0.1, 0.15) is 12.4 Å². The summed E-state index contributed by atoms with van der Waals surface area (Å²) in [5.74, 6) is -2.27. The highest BCUT2D eigenvalue weighted by molar-refractivity contribution is 5.73. The van der Waals surface area contributed by atoms with Gasteiger partial charge in [0.25, 0.3) is 0 Å². The third-order valence-electron chi connectivity index (χ3n) is 2.60. The molecule has 1 atom stereocenters. The average molecular weight is 242 g/mol. The molecule has 2 rings (SSSR count). The maximum Gasteiger partial charge on any atom is 0.312 e. The zero-order valence-electron chi connectivity index (χ0n) is 9.33. The lowest BCUT2D eigenvalue weighted by Gasteiger charge is -2.24. The van der Waals surface area contributed by atoms with E-state index in [4.69, 9.17) is 9.47 Å². The third kappa shape index (κ3) is 2.38. The minimum Gasteiger partial charge on any atom is -0.489 e. The Labute approximate surface area is 97.3 Å². The van der Waals surface area contributed by atoms with Gasteiger partial charge in [0.15, 0.2) is 11.6 Å². The van der Waals surface area contributed by atoms with Gasteiger partial charge in [0.05, 0.1) is 12.5 Å². The Kier molecular flexibility index (Phi) is 3.26. The van der Waals surface area contributed by atoms with Gasteiger partial charge in [-0.25, -0.2) is 8.78 Å². The number of fused-ring (bicyclic) bond motifs is 1. The zero-order valence-corrected chi connectivity index (χ0v) is 9.33. The molecule has 1 aromatic carbocycles. The first-order valence-electron chi connectivity index (χ1n) is 5.39. The van der Waals surface area contributed by atoms with E-state index in [9.17, 15) is 13.6 Å². The number of carbonyl (C=O) groups is 1. The van der Waals surface area contributed by atoms with Crippen LogP contribution < -0.4 is 4.74 Å². The van der Waals surface area contributed by atoms with Gasteiger partial charge in [0.2, 0.25) is 0 Å². The molecule has 0 saturated heterocycles. The molecule has 3 nitrogen and oxygen atoms in total. The maximum absolute atomic E-state index is 13.3. The van der Waals surface area contributed by atoms with Crippen molar-refractivity contribution >= 4 is 5.97 Å². The first-order valence-corrected chi connectivity index (χ1v) is 5.39. The molecule has 0 aliphatic carbocycles. The van der Waals surface area contributed by atoms with E-state index in [-0.39, 0.29) is 25.4 Å².